The molecule has 1 aliphatic carbocycles. The van der Waals surface area contributed by atoms with Crippen molar-refractivity contribution in [1.82, 2.24) is 9.78 Å². The number of alkyl halides is 3. The fourth-order valence-electron chi connectivity index (χ4n) is 4.37. The van der Waals surface area contributed by atoms with Crippen LogP contribution in [0.4, 0.5) is 13.2 Å². The number of hydrogen-bond donors (Lipinski definition) is 1. The van der Waals surface area contributed by atoms with Crippen molar-refractivity contribution in [2.75, 3.05) is 0 Å². The molecule has 140 valence electrons. The normalized spacial score (nSPS) is 18.5. The van der Waals surface area contributed by atoms with E-state index in [0.717, 1.165) is 16.7 Å². The van der Waals surface area contributed by atoms with Gasteiger partial charge in [0, 0.05) is 29.9 Å². The van der Waals surface area contributed by atoms with E-state index in [1.807, 2.05) is 13.8 Å². The van der Waals surface area contributed by atoms with Gasteiger partial charge in [0.05, 0.1) is 6.20 Å². The molecule has 0 fully saturated rings. The SMILES string of the molecule is Cc1c(C)c2c(c(C)c1-c1cnn(C)c1)C(O)(C(F)(F)F)c1ccccc1-2. The second-order valence-corrected chi connectivity index (χ2v) is 7.16. The molecule has 0 saturated heterocycles. The molecule has 1 aromatic heterocycles. The summed E-state index contributed by atoms with van der Waals surface area (Å²) in [4.78, 5) is 0. The number of fused-ring (bicyclic) bond motifs is 3. The van der Waals surface area contributed by atoms with E-state index in [0.29, 0.717) is 22.3 Å². The minimum Gasteiger partial charge on any atom is -0.372 e. The Bertz CT molecular complexity index is 1080. The Hall–Kier alpha value is -2.60. The van der Waals surface area contributed by atoms with Gasteiger partial charge in [-0.15, -0.1) is 0 Å². The molecule has 3 aromatic rings. The maximum Gasteiger partial charge on any atom is 0.425 e. The van der Waals surface area contributed by atoms with Crippen LogP contribution in [0, 0.1) is 20.8 Å². The van der Waals surface area contributed by atoms with Crippen LogP contribution in [0.25, 0.3) is 22.3 Å². The monoisotopic (exact) mass is 372 g/mol. The van der Waals surface area contributed by atoms with Gasteiger partial charge in [-0.05, 0) is 54.2 Å². The predicted octanol–water partition coefficient (Wildman–Crippen LogP) is 4.79. The zero-order valence-corrected chi connectivity index (χ0v) is 15.4. The van der Waals surface area contributed by atoms with E-state index in [1.54, 1.807) is 43.2 Å². The van der Waals surface area contributed by atoms with Gasteiger partial charge in [0.2, 0.25) is 5.60 Å². The summed E-state index contributed by atoms with van der Waals surface area (Å²) in [7, 11) is 1.76. The summed E-state index contributed by atoms with van der Waals surface area (Å²) >= 11 is 0. The minimum absolute atomic E-state index is 0.0712. The van der Waals surface area contributed by atoms with Crippen LogP contribution in [0.1, 0.15) is 27.8 Å². The van der Waals surface area contributed by atoms with Crippen molar-refractivity contribution in [3.8, 4) is 22.3 Å². The molecule has 0 saturated carbocycles. The number of hydrogen-bond acceptors (Lipinski definition) is 2. The third-order valence-electron chi connectivity index (χ3n) is 5.66. The lowest BCUT2D eigenvalue weighted by Gasteiger charge is -2.31. The molecule has 1 aliphatic rings. The number of nitrogens with zero attached hydrogens (tertiary/aromatic N) is 2. The molecule has 1 unspecified atom stereocenters. The van der Waals surface area contributed by atoms with E-state index in [-0.39, 0.29) is 11.1 Å². The maximum absolute atomic E-state index is 14.2. The van der Waals surface area contributed by atoms with Gasteiger partial charge >= 0.3 is 6.18 Å². The number of benzene rings is 2. The number of halogens is 3. The Balaban J connectivity index is 2.18. The Morgan fingerprint density at radius 2 is 1.63 bits per heavy atom. The minimum atomic E-state index is -4.84. The fraction of sp³-hybridized carbons (Fsp3) is 0.286. The molecule has 0 amide bonds. The van der Waals surface area contributed by atoms with Gasteiger partial charge in [-0.2, -0.15) is 18.3 Å². The van der Waals surface area contributed by atoms with Crippen LogP contribution in [0.15, 0.2) is 36.7 Å². The summed E-state index contributed by atoms with van der Waals surface area (Å²) in [5, 5.41) is 15.2. The van der Waals surface area contributed by atoms with E-state index < -0.39 is 11.8 Å². The van der Waals surface area contributed by atoms with E-state index in [1.165, 1.54) is 12.1 Å². The number of aliphatic hydroxyl groups is 1. The van der Waals surface area contributed by atoms with Crippen molar-refractivity contribution >= 4 is 0 Å². The Kier molecular flexibility index (Phi) is 3.59. The molecule has 4 rings (SSSR count). The van der Waals surface area contributed by atoms with Crippen LogP contribution in [-0.4, -0.2) is 21.1 Å². The summed E-state index contributed by atoms with van der Waals surface area (Å²) in [6, 6.07) is 6.24. The highest BCUT2D eigenvalue weighted by Crippen LogP contribution is 2.58. The van der Waals surface area contributed by atoms with Crippen LogP contribution in [0.2, 0.25) is 0 Å². The predicted molar refractivity (Wildman–Crippen MR) is 97.3 cm³/mol. The van der Waals surface area contributed by atoms with Crippen molar-refractivity contribution in [2.24, 2.45) is 7.05 Å². The van der Waals surface area contributed by atoms with Crippen molar-refractivity contribution in [1.29, 1.82) is 0 Å². The van der Waals surface area contributed by atoms with E-state index in [2.05, 4.69) is 5.10 Å². The maximum atomic E-state index is 14.2. The van der Waals surface area contributed by atoms with Gasteiger partial charge in [0.25, 0.3) is 0 Å². The van der Waals surface area contributed by atoms with Gasteiger partial charge < -0.3 is 5.11 Å². The highest BCUT2D eigenvalue weighted by Gasteiger charge is 2.61. The molecule has 2 aromatic carbocycles. The van der Waals surface area contributed by atoms with Gasteiger partial charge in [-0.3, -0.25) is 4.68 Å². The largest absolute Gasteiger partial charge is 0.425 e. The van der Waals surface area contributed by atoms with Crippen LogP contribution in [0.5, 0.6) is 0 Å². The average molecular weight is 372 g/mol. The lowest BCUT2D eigenvalue weighted by Crippen LogP contribution is -2.42. The summed E-state index contributed by atoms with van der Waals surface area (Å²) in [5.74, 6) is 0. The topological polar surface area (TPSA) is 38.0 Å². The van der Waals surface area contributed by atoms with Gasteiger partial charge in [0.15, 0.2) is 0 Å². The molecule has 27 heavy (non-hydrogen) atoms. The molecule has 0 spiro atoms. The standard InChI is InChI=1S/C21H19F3N2O/c1-11-12(2)18-15-7-5-6-8-16(15)20(27,21(22,23)24)19(18)13(3)17(11)14-9-25-26(4)10-14/h5-10,27H,1-4H3. The molecule has 1 heterocycles. The van der Waals surface area contributed by atoms with E-state index in [9.17, 15) is 18.3 Å². The molecule has 0 bridgehead atoms. The molecule has 1 N–H and O–H groups in total. The van der Waals surface area contributed by atoms with Crippen molar-refractivity contribution in [3.63, 3.8) is 0 Å². The lowest BCUT2D eigenvalue weighted by atomic mass is 9.81. The second-order valence-electron chi connectivity index (χ2n) is 7.16. The Morgan fingerprint density at radius 1 is 1.00 bits per heavy atom. The second kappa shape index (κ2) is 5.45. The highest BCUT2D eigenvalue weighted by molar-refractivity contribution is 5.89. The van der Waals surface area contributed by atoms with Gasteiger partial charge in [-0.1, -0.05) is 24.3 Å². The molecule has 0 aliphatic heterocycles. The van der Waals surface area contributed by atoms with E-state index in [4.69, 9.17) is 0 Å². The zero-order chi connectivity index (χ0) is 19.7. The van der Waals surface area contributed by atoms with Crippen LogP contribution >= 0.6 is 0 Å². The van der Waals surface area contributed by atoms with Crippen LogP contribution in [0.3, 0.4) is 0 Å². The summed E-state index contributed by atoms with van der Waals surface area (Å²) in [5.41, 5.74) is 1.19. The smallest absolute Gasteiger partial charge is 0.372 e. The molecular weight excluding hydrogens is 353 g/mol. The van der Waals surface area contributed by atoms with E-state index >= 15 is 0 Å². The third kappa shape index (κ3) is 2.16. The first-order valence-electron chi connectivity index (χ1n) is 8.61. The van der Waals surface area contributed by atoms with Crippen molar-refractivity contribution < 1.29 is 18.3 Å². The third-order valence-corrected chi connectivity index (χ3v) is 5.66. The highest BCUT2D eigenvalue weighted by atomic mass is 19.4. The lowest BCUT2D eigenvalue weighted by molar-refractivity contribution is -0.246. The van der Waals surface area contributed by atoms with Crippen molar-refractivity contribution in [3.05, 3.63) is 64.5 Å². The van der Waals surface area contributed by atoms with Crippen LogP contribution < -0.4 is 0 Å². The molecule has 0 radical (unpaired) electrons. The number of rotatable bonds is 1. The van der Waals surface area contributed by atoms with Gasteiger partial charge in [0.1, 0.15) is 0 Å². The molecular formula is C21H19F3N2O. The summed E-state index contributed by atoms with van der Waals surface area (Å²) in [6.45, 7) is 5.36. The first-order valence-corrected chi connectivity index (χ1v) is 8.61. The van der Waals surface area contributed by atoms with Gasteiger partial charge in [-0.25, -0.2) is 0 Å². The Labute approximate surface area is 155 Å². The number of aromatic nitrogens is 2. The molecule has 1 atom stereocenters. The Morgan fingerprint density at radius 3 is 2.22 bits per heavy atom. The quantitative estimate of drug-likeness (QED) is 0.667. The fourth-order valence-corrected chi connectivity index (χ4v) is 4.37. The first kappa shape index (κ1) is 17.8. The zero-order valence-electron chi connectivity index (χ0n) is 15.4. The van der Waals surface area contributed by atoms with Crippen molar-refractivity contribution in [2.45, 2.75) is 32.5 Å². The number of aryl methyl sites for hydroxylation is 1. The molecule has 6 heteroatoms. The van der Waals surface area contributed by atoms with Crippen LogP contribution in [-0.2, 0) is 12.6 Å². The molecule has 3 nitrogen and oxygen atoms in total. The summed E-state index contributed by atoms with van der Waals surface area (Å²) < 4.78 is 44.2. The average Bonchev–Trinajstić information content (AvgIpc) is 3.13. The first-order chi connectivity index (χ1) is 12.6. The summed E-state index contributed by atoms with van der Waals surface area (Å²) in [6.07, 6.45) is -1.43.